The van der Waals surface area contributed by atoms with Crippen molar-refractivity contribution in [2.45, 2.75) is 19.0 Å². The maximum atomic E-state index is 11.6. The van der Waals surface area contributed by atoms with Gasteiger partial charge in [0.05, 0.1) is 30.4 Å². The van der Waals surface area contributed by atoms with Crippen molar-refractivity contribution in [1.29, 1.82) is 0 Å². The van der Waals surface area contributed by atoms with Gasteiger partial charge in [0.1, 0.15) is 5.75 Å². The van der Waals surface area contributed by atoms with Crippen molar-refractivity contribution in [3.63, 3.8) is 0 Å². The van der Waals surface area contributed by atoms with Gasteiger partial charge in [0.15, 0.2) is 0 Å². The van der Waals surface area contributed by atoms with Crippen LogP contribution in [0.25, 0.3) is 0 Å². The zero-order chi connectivity index (χ0) is 18.8. The maximum absolute atomic E-state index is 11.6. The Morgan fingerprint density at radius 3 is 2.85 bits per heavy atom. The number of imidazole rings is 1. The monoisotopic (exact) mass is 363 g/mol. The number of phenolic OH excluding ortho intramolecular Hbond substituents is 1. The van der Waals surface area contributed by atoms with Gasteiger partial charge in [0.25, 0.3) is 0 Å². The molecule has 4 rings (SSSR count). The van der Waals surface area contributed by atoms with E-state index in [1.165, 1.54) is 7.11 Å². The van der Waals surface area contributed by atoms with Crippen molar-refractivity contribution in [1.82, 2.24) is 14.9 Å². The number of aromatic nitrogens is 2. The molecule has 2 N–H and O–H groups in total. The first kappa shape index (κ1) is 17.3. The smallest absolute Gasteiger partial charge is 0.337 e. The summed E-state index contributed by atoms with van der Waals surface area (Å²) in [6.45, 7) is 2.35. The molecule has 0 fully saturated rings. The summed E-state index contributed by atoms with van der Waals surface area (Å²) in [5.41, 5.74) is 4.86. The topological polar surface area (TPSA) is 78.5 Å². The summed E-state index contributed by atoms with van der Waals surface area (Å²) in [5, 5.41) is 9.85. The quantitative estimate of drug-likeness (QED) is 0.697. The van der Waals surface area contributed by atoms with Crippen LogP contribution >= 0.6 is 0 Å². The molecule has 0 bridgehead atoms. The van der Waals surface area contributed by atoms with Crippen molar-refractivity contribution >= 4 is 5.97 Å². The summed E-state index contributed by atoms with van der Waals surface area (Å²) in [4.78, 5) is 21.7. The highest BCUT2D eigenvalue weighted by atomic mass is 16.5. The predicted molar refractivity (Wildman–Crippen MR) is 100 cm³/mol. The van der Waals surface area contributed by atoms with Crippen LogP contribution in [0.4, 0.5) is 0 Å². The Kier molecular flexibility index (Phi) is 4.64. The minimum atomic E-state index is -0.328. The summed E-state index contributed by atoms with van der Waals surface area (Å²) in [5.74, 6) is 0.0344. The van der Waals surface area contributed by atoms with Gasteiger partial charge >= 0.3 is 5.97 Å². The molecule has 27 heavy (non-hydrogen) atoms. The fourth-order valence-electron chi connectivity index (χ4n) is 3.64. The van der Waals surface area contributed by atoms with Crippen LogP contribution in [0.3, 0.4) is 0 Å². The van der Waals surface area contributed by atoms with E-state index >= 15 is 0 Å². The van der Waals surface area contributed by atoms with Crippen LogP contribution in [0.1, 0.15) is 38.8 Å². The van der Waals surface area contributed by atoms with Crippen molar-refractivity contribution in [2.24, 2.45) is 0 Å². The third-order valence-electron chi connectivity index (χ3n) is 4.96. The molecule has 1 unspecified atom stereocenters. The van der Waals surface area contributed by atoms with E-state index in [-0.39, 0.29) is 17.6 Å². The average molecular weight is 363 g/mol. The molecule has 6 heteroatoms. The van der Waals surface area contributed by atoms with E-state index in [4.69, 9.17) is 4.74 Å². The molecule has 0 amide bonds. The van der Waals surface area contributed by atoms with Crippen LogP contribution in [-0.2, 0) is 17.8 Å². The number of H-pyrrole nitrogens is 1. The van der Waals surface area contributed by atoms with E-state index in [1.807, 2.05) is 24.3 Å². The van der Waals surface area contributed by atoms with Gasteiger partial charge in [-0.05, 0) is 35.4 Å². The minimum absolute atomic E-state index is 0.0986. The van der Waals surface area contributed by atoms with E-state index in [0.717, 1.165) is 42.1 Å². The Balaban J connectivity index is 1.56. The summed E-state index contributed by atoms with van der Waals surface area (Å²) in [6, 6.07) is 14.9. The second kappa shape index (κ2) is 7.25. The summed E-state index contributed by atoms with van der Waals surface area (Å²) in [6.07, 6.45) is 1.73. The van der Waals surface area contributed by atoms with Crippen LogP contribution in [0.5, 0.6) is 5.75 Å². The number of aromatic hydroxyl groups is 1. The highest BCUT2D eigenvalue weighted by Crippen LogP contribution is 2.33. The third kappa shape index (κ3) is 3.57. The SMILES string of the molecule is COC(=O)c1ccc(CN2Cc3[nH]cnc3C(c3cccc(O)c3)C2)cc1. The fourth-order valence-corrected chi connectivity index (χ4v) is 3.64. The van der Waals surface area contributed by atoms with E-state index in [2.05, 4.69) is 14.9 Å². The van der Waals surface area contributed by atoms with Gasteiger partial charge in [-0.1, -0.05) is 24.3 Å². The van der Waals surface area contributed by atoms with E-state index in [9.17, 15) is 9.90 Å². The largest absolute Gasteiger partial charge is 0.508 e. The molecule has 0 spiro atoms. The Hall–Kier alpha value is -3.12. The summed E-state index contributed by atoms with van der Waals surface area (Å²) in [7, 11) is 1.38. The lowest BCUT2D eigenvalue weighted by Crippen LogP contribution is -2.33. The van der Waals surface area contributed by atoms with Gasteiger partial charge < -0.3 is 14.8 Å². The number of hydrogen-bond acceptors (Lipinski definition) is 5. The van der Waals surface area contributed by atoms with Crippen molar-refractivity contribution in [3.8, 4) is 5.75 Å². The molecule has 0 saturated heterocycles. The zero-order valence-electron chi connectivity index (χ0n) is 15.1. The molecule has 1 aromatic heterocycles. The van der Waals surface area contributed by atoms with Crippen LogP contribution in [-0.4, -0.2) is 39.6 Å². The average Bonchev–Trinajstić information content (AvgIpc) is 3.16. The van der Waals surface area contributed by atoms with Crippen molar-refractivity contribution in [2.75, 3.05) is 13.7 Å². The van der Waals surface area contributed by atoms with Crippen molar-refractivity contribution in [3.05, 3.63) is 82.9 Å². The Bertz CT molecular complexity index is 949. The predicted octanol–water partition coefficient (Wildman–Crippen LogP) is 3.05. The van der Waals surface area contributed by atoms with E-state index < -0.39 is 0 Å². The first-order valence-electron chi connectivity index (χ1n) is 8.84. The molecule has 2 heterocycles. The van der Waals surface area contributed by atoms with Crippen molar-refractivity contribution < 1.29 is 14.6 Å². The Morgan fingerprint density at radius 2 is 2.11 bits per heavy atom. The van der Waals surface area contributed by atoms with Gasteiger partial charge in [0, 0.05) is 25.6 Å². The molecular formula is C21H21N3O3. The lowest BCUT2D eigenvalue weighted by molar-refractivity contribution is 0.0600. The first-order chi connectivity index (χ1) is 13.1. The summed E-state index contributed by atoms with van der Waals surface area (Å²) < 4.78 is 4.75. The second-order valence-electron chi connectivity index (χ2n) is 6.77. The lowest BCUT2D eigenvalue weighted by Gasteiger charge is -2.32. The highest BCUT2D eigenvalue weighted by molar-refractivity contribution is 5.89. The van der Waals surface area contributed by atoms with Gasteiger partial charge in [-0.25, -0.2) is 9.78 Å². The Labute approximate surface area is 157 Å². The first-order valence-corrected chi connectivity index (χ1v) is 8.84. The number of nitrogens with one attached hydrogen (secondary N) is 1. The van der Waals surface area contributed by atoms with Crippen LogP contribution in [0.15, 0.2) is 54.9 Å². The summed E-state index contributed by atoms with van der Waals surface area (Å²) >= 11 is 0. The number of aromatic amines is 1. The number of benzene rings is 2. The van der Waals surface area contributed by atoms with E-state index in [1.54, 1.807) is 30.6 Å². The number of methoxy groups -OCH3 is 1. The molecule has 0 aliphatic carbocycles. The lowest BCUT2D eigenvalue weighted by atomic mass is 9.90. The zero-order valence-corrected chi connectivity index (χ0v) is 15.1. The number of nitrogens with zero attached hydrogens (tertiary/aromatic N) is 2. The minimum Gasteiger partial charge on any atom is -0.508 e. The number of carbonyl (C=O) groups is 1. The van der Waals surface area contributed by atoms with Gasteiger partial charge in [-0.2, -0.15) is 0 Å². The molecule has 3 aromatic rings. The number of fused-ring (bicyclic) bond motifs is 1. The number of rotatable bonds is 4. The number of esters is 1. The maximum Gasteiger partial charge on any atom is 0.337 e. The normalized spacial score (nSPS) is 16.7. The van der Waals surface area contributed by atoms with Crippen LogP contribution in [0, 0.1) is 0 Å². The van der Waals surface area contributed by atoms with Crippen LogP contribution < -0.4 is 0 Å². The Morgan fingerprint density at radius 1 is 1.30 bits per heavy atom. The molecule has 2 aromatic carbocycles. The molecule has 0 saturated carbocycles. The fraction of sp³-hybridized carbons (Fsp3) is 0.238. The van der Waals surface area contributed by atoms with Gasteiger partial charge in [-0.3, -0.25) is 4.90 Å². The van der Waals surface area contributed by atoms with Gasteiger partial charge in [0.2, 0.25) is 0 Å². The third-order valence-corrected chi connectivity index (χ3v) is 4.96. The van der Waals surface area contributed by atoms with Crippen LogP contribution in [0.2, 0.25) is 0 Å². The number of ether oxygens (including phenoxy) is 1. The molecule has 138 valence electrons. The number of hydrogen-bond donors (Lipinski definition) is 2. The molecule has 1 aliphatic heterocycles. The number of phenols is 1. The van der Waals surface area contributed by atoms with Gasteiger partial charge in [-0.15, -0.1) is 0 Å². The molecule has 0 radical (unpaired) electrons. The standard InChI is InChI=1S/C21H21N3O3/c1-27-21(26)15-7-5-14(6-8-15)10-24-11-18(16-3-2-4-17(25)9-16)20-19(12-24)22-13-23-20/h2-9,13,18,25H,10-12H2,1H3,(H,22,23). The molecule has 1 atom stereocenters. The van der Waals surface area contributed by atoms with E-state index in [0.29, 0.717) is 5.56 Å². The number of carbonyl (C=O) groups excluding carboxylic acids is 1. The molecular weight excluding hydrogens is 342 g/mol. The molecule has 6 nitrogen and oxygen atoms in total. The highest BCUT2D eigenvalue weighted by Gasteiger charge is 2.29. The molecule has 1 aliphatic rings. The second-order valence-corrected chi connectivity index (χ2v) is 6.77.